The summed E-state index contributed by atoms with van der Waals surface area (Å²) in [6.07, 6.45) is 0. The summed E-state index contributed by atoms with van der Waals surface area (Å²) < 4.78 is 5.00. The molecule has 0 atom stereocenters. The molecule has 0 aliphatic rings. The smallest absolute Gasteiger partial charge is 0.320 e. The molecule has 0 saturated carbocycles. The Bertz CT molecular complexity index is 349. The normalized spacial score (nSPS) is 9.81. The van der Waals surface area contributed by atoms with Crippen molar-refractivity contribution in [2.75, 3.05) is 13.1 Å². The van der Waals surface area contributed by atoms with Gasteiger partial charge in [0.1, 0.15) is 12.4 Å². The van der Waals surface area contributed by atoms with Gasteiger partial charge in [-0.2, -0.15) is 0 Å². The number of ketones is 1. The average Bonchev–Trinajstić information content (AvgIpc) is 2.27. The van der Waals surface area contributed by atoms with Crippen molar-refractivity contribution in [3.8, 4) is 0 Å². The summed E-state index contributed by atoms with van der Waals surface area (Å²) in [7, 11) is 0. The van der Waals surface area contributed by atoms with E-state index in [0.717, 1.165) is 5.56 Å². The highest BCUT2D eigenvalue weighted by atomic mass is 16.5. The number of benzene rings is 1. The second kappa shape index (κ2) is 6.74. The predicted molar refractivity (Wildman–Crippen MR) is 59.8 cm³/mol. The lowest BCUT2D eigenvalue weighted by atomic mass is 10.2. The lowest BCUT2D eigenvalue weighted by Gasteiger charge is -2.05. The topological polar surface area (TPSA) is 55.4 Å². The van der Waals surface area contributed by atoms with Crippen molar-refractivity contribution < 1.29 is 14.3 Å². The number of hydrogen-bond acceptors (Lipinski definition) is 4. The number of hydrogen-bond donors (Lipinski definition) is 1. The van der Waals surface area contributed by atoms with Crippen molar-refractivity contribution in [3.63, 3.8) is 0 Å². The van der Waals surface area contributed by atoms with Crippen LogP contribution in [0.2, 0.25) is 0 Å². The van der Waals surface area contributed by atoms with Crippen molar-refractivity contribution in [1.29, 1.82) is 0 Å². The second-order valence-corrected chi connectivity index (χ2v) is 3.45. The summed E-state index contributed by atoms with van der Waals surface area (Å²) in [5.41, 5.74) is 0.947. The number of esters is 1. The summed E-state index contributed by atoms with van der Waals surface area (Å²) in [5.74, 6) is -0.360. The minimum atomic E-state index is -0.356. The van der Waals surface area contributed by atoms with E-state index in [0.29, 0.717) is 0 Å². The Kier molecular flexibility index (Phi) is 5.22. The third-order valence-corrected chi connectivity index (χ3v) is 1.89. The van der Waals surface area contributed by atoms with Gasteiger partial charge in [0.05, 0.1) is 13.1 Å². The number of Topliss-reactive ketones (excluding diaryl/α,β-unsaturated/α-hetero) is 1. The van der Waals surface area contributed by atoms with Gasteiger partial charge in [-0.3, -0.25) is 9.59 Å². The Morgan fingerprint density at radius 3 is 2.50 bits per heavy atom. The molecule has 16 heavy (non-hydrogen) atoms. The van der Waals surface area contributed by atoms with Crippen molar-refractivity contribution in [3.05, 3.63) is 35.9 Å². The van der Waals surface area contributed by atoms with Crippen LogP contribution in [0.3, 0.4) is 0 Å². The maximum atomic E-state index is 11.2. The van der Waals surface area contributed by atoms with Gasteiger partial charge in [0.15, 0.2) is 0 Å². The van der Waals surface area contributed by atoms with Crippen LogP contribution in [0.4, 0.5) is 0 Å². The first-order valence-electron chi connectivity index (χ1n) is 5.08. The molecule has 86 valence electrons. The molecule has 1 N–H and O–H groups in total. The summed E-state index contributed by atoms with van der Waals surface area (Å²) in [6.45, 7) is 1.98. The molecule has 0 saturated heterocycles. The van der Waals surface area contributed by atoms with Gasteiger partial charge in [-0.05, 0) is 12.5 Å². The Balaban J connectivity index is 2.18. The maximum Gasteiger partial charge on any atom is 0.320 e. The maximum absolute atomic E-state index is 11.2. The van der Waals surface area contributed by atoms with Gasteiger partial charge in [-0.25, -0.2) is 0 Å². The monoisotopic (exact) mass is 221 g/mol. The van der Waals surface area contributed by atoms with Gasteiger partial charge in [-0.15, -0.1) is 0 Å². The quantitative estimate of drug-likeness (QED) is 0.725. The summed E-state index contributed by atoms with van der Waals surface area (Å²) in [4.78, 5) is 21.8. The second-order valence-electron chi connectivity index (χ2n) is 3.45. The molecule has 0 unspecified atom stereocenters. The van der Waals surface area contributed by atoms with Gasteiger partial charge in [0.25, 0.3) is 0 Å². The number of nitrogens with one attached hydrogen (secondary N) is 1. The molecule has 0 aliphatic heterocycles. The zero-order valence-corrected chi connectivity index (χ0v) is 9.23. The fraction of sp³-hybridized carbons (Fsp3) is 0.333. The van der Waals surface area contributed by atoms with Crippen LogP contribution in [0.1, 0.15) is 12.5 Å². The zero-order valence-electron chi connectivity index (χ0n) is 9.23. The fourth-order valence-electron chi connectivity index (χ4n) is 1.13. The SMILES string of the molecule is CC(=O)CNCC(=O)OCc1ccccc1. The van der Waals surface area contributed by atoms with E-state index >= 15 is 0 Å². The summed E-state index contributed by atoms with van der Waals surface area (Å²) in [6, 6.07) is 9.45. The molecule has 0 aliphatic carbocycles. The molecule has 0 bridgehead atoms. The van der Waals surface area contributed by atoms with Gasteiger partial charge in [0, 0.05) is 0 Å². The largest absolute Gasteiger partial charge is 0.460 e. The first-order chi connectivity index (χ1) is 7.68. The van der Waals surface area contributed by atoms with E-state index in [1.54, 1.807) is 0 Å². The van der Waals surface area contributed by atoms with E-state index in [1.165, 1.54) is 6.92 Å². The third kappa shape index (κ3) is 5.26. The lowest BCUT2D eigenvalue weighted by Crippen LogP contribution is -2.28. The van der Waals surface area contributed by atoms with Crippen LogP contribution < -0.4 is 5.32 Å². The minimum absolute atomic E-state index is 0.00383. The minimum Gasteiger partial charge on any atom is -0.460 e. The molecular weight excluding hydrogens is 206 g/mol. The van der Waals surface area contributed by atoms with Crippen molar-refractivity contribution in [2.24, 2.45) is 0 Å². The molecule has 0 amide bonds. The van der Waals surface area contributed by atoms with Crippen LogP contribution in [0.25, 0.3) is 0 Å². The first kappa shape index (κ1) is 12.4. The molecule has 0 radical (unpaired) electrons. The molecule has 0 heterocycles. The van der Waals surface area contributed by atoms with E-state index in [9.17, 15) is 9.59 Å². The number of ether oxygens (including phenoxy) is 1. The molecule has 4 heteroatoms. The van der Waals surface area contributed by atoms with E-state index in [1.807, 2.05) is 30.3 Å². The Labute approximate surface area is 94.6 Å². The van der Waals surface area contributed by atoms with Crippen LogP contribution >= 0.6 is 0 Å². The first-order valence-corrected chi connectivity index (χ1v) is 5.08. The molecule has 4 nitrogen and oxygen atoms in total. The highest BCUT2D eigenvalue weighted by Crippen LogP contribution is 2.00. The van der Waals surface area contributed by atoms with Crippen LogP contribution in [0.5, 0.6) is 0 Å². The van der Waals surface area contributed by atoms with Gasteiger partial charge in [-0.1, -0.05) is 30.3 Å². The molecule has 1 aromatic rings. The molecule has 1 rings (SSSR count). The summed E-state index contributed by atoms with van der Waals surface area (Å²) >= 11 is 0. The van der Waals surface area contributed by atoms with Crippen molar-refractivity contribution >= 4 is 11.8 Å². The van der Waals surface area contributed by atoms with E-state index < -0.39 is 0 Å². The van der Waals surface area contributed by atoms with Gasteiger partial charge >= 0.3 is 5.97 Å². The standard InChI is InChI=1S/C12H15NO3/c1-10(14)7-13-8-12(15)16-9-11-5-3-2-4-6-11/h2-6,13H,7-9H2,1H3. The fourth-order valence-corrected chi connectivity index (χ4v) is 1.13. The molecule has 0 fully saturated rings. The molecular formula is C12H15NO3. The van der Waals surface area contributed by atoms with Gasteiger partial charge in [0.2, 0.25) is 0 Å². The Morgan fingerprint density at radius 2 is 1.88 bits per heavy atom. The Morgan fingerprint density at radius 1 is 1.19 bits per heavy atom. The number of carbonyl (C=O) groups is 2. The number of carbonyl (C=O) groups excluding carboxylic acids is 2. The predicted octanol–water partition coefficient (Wildman–Crippen LogP) is 0.908. The van der Waals surface area contributed by atoms with Crippen molar-refractivity contribution in [2.45, 2.75) is 13.5 Å². The zero-order chi connectivity index (χ0) is 11.8. The van der Waals surface area contributed by atoms with Crippen LogP contribution in [0.15, 0.2) is 30.3 Å². The van der Waals surface area contributed by atoms with Crippen LogP contribution in [-0.2, 0) is 20.9 Å². The lowest BCUT2D eigenvalue weighted by molar-refractivity contribution is -0.143. The summed E-state index contributed by atoms with van der Waals surface area (Å²) in [5, 5.41) is 2.70. The Hall–Kier alpha value is -1.68. The van der Waals surface area contributed by atoms with Crippen LogP contribution in [0, 0.1) is 0 Å². The molecule has 0 spiro atoms. The highest BCUT2D eigenvalue weighted by molar-refractivity contribution is 5.78. The van der Waals surface area contributed by atoms with Crippen LogP contribution in [-0.4, -0.2) is 24.8 Å². The van der Waals surface area contributed by atoms with Gasteiger partial charge < -0.3 is 10.1 Å². The highest BCUT2D eigenvalue weighted by Gasteiger charge is 2.03. The average molecular weight is 221 g/mol. The molecule has 1 aromatic carbocycles. The van der Waals surface area contributed by atoms with E-state index in [2.05, 4.69) is 5.32 Å². The molecule has 0 aromatic heterocycles. The van der Waals surface area contributed by atoms with E-state index in [4.69, 9.17) is 4.74 Å². The third-order valence-electron chi connectivity index (χ3n) is 1.89. The van der Waals surface area contributed by atoms with E-state index in [-0.39, 0.29) is 31.4 Å². The van der Waals surface area contributed by atoms with Crippen molar-refractivity contribution in [1.82, 2.24) is 5.32 Å². The number of rotatable bonds is 6.